The number of carbonyl (C=O) groups excluding carboxylic acids is 1. The average Bonchev–Trinajstić information content (AvgIpc) is 3.79. The van der Waals surface area contributed by atoms with Crippen LogP contribution in [0.4, 0.5) is 0 Å². The van der Waals surface area contributed by atoms with Crippen LogP contribution in [0.1, 0.15) is 66.8 Å². The quantitative estimate of drug-likeness (QED) is 0.464. The third-order valence-electron chi connectivity index (χ3n) is 10.4. The Bertz CT molecular complexity index is 1360. The number of benzene rings is 1. The van der Waals surface area contributed by atoms with Crippen LogP contribution in [0.15, 0.2) is 36.7 Å². The summed E-state index contributed by atoms with van der Waals surface area (Å²) in [6.07, 6.45) is 6.00. The Hall–Kier alpha value is -2.40. The van der Waals surface area contributed by atoms with Crippen LogP contribution < -0.4 is 0 Å². The molecule has 10 heteroatoms. The highest BCUT2D eigenvalue weighted by atomic mass is 32.2. The molecule has 0 radical (unpaired) electrons. The van der Waals surface area contributed by atoms with Crippen molar-refractivity contribution in [3.63, 3.8) is 0 Å². The first-order valence-corrected chi connectivity index (χ1v) is 17.2. The summed E-state index contributed by atoms with van der Waals surface area (Å²) < 4.78 is 27.4. The van der Waals surface area contributed by atoms with Crippen molar-refractivity contribution in [2.45, 2.75) is 82.7 Å². The smallest absolute Gasteiger partial charge is 0.257 e. The first-order valence-electron chi connectivity index (χ1n) is 15.7. The second kappa shape index (κ2) is 11.6. The number of likely N-dealkylation sites (tertiary alicyclic amines) is 1. The van der Waals surface area contributed by atoms with E-state index in [1.54, 1.807) is 4.31 Å². The van der Waals surface area contributed by atoms with E-state index in [-0.39, 0.29) is 16.7 Å². The summed E-state index contributed by atoms with van der Waals surface area (Å²) in [6, 6.07) is 11.3. The van der Waals surface area contributed by atoms with E-state index < -0.39 is 10.0 Å². The second-order valence-electron chi connectivity index (χ2n) is 13.3. The molecule has 1 unspecified atom stereocenters. The Morgan fingerprint density at radius 2 is 1.62 bits per heavy atom. The average molecular weight is 595 g/mol. The van der Waals surface area contributed by atoms with Gasteiger partial charge in [0.1, 0.15) is 6.33 Å². The third kappa shape index (κ3) is 5.75. The molecule has 3 aliphatic heterocycles. The number of carbonyl (C=O) groups is 1. The van der Waals surface area contributed by atoms with E-state index in [1.165, 1.54) is 11.9 Å². The van der Waals surface area contributed by atoms with E-state index in [9.17, 15) is 13.2 Å². The van der Waals surface area contributed by atoms with Gasteiger partial charge in [0, 0.05) is 69.4 Å². The van der Waals surface area contributed by atoms with Crippen molar-refractivity contribution < 1.29 is 13.2 Å². The molecule has 4 aliphatic rings. The zero-order valence-corrected chi connectivity index (χ0v) is 26.4. The second-order valence-corrected chi connectivity index (χ2v) is 15.5. The number of piperazine rings is 1. The summed E-state index contributed by atoms with van der Waals surface area (Å²) in [7, 11) is -3.11. The van der Waals surface area contributed by atoms with Crippen LogP contribution in [0.2, 0.25) is 0 Å². The molecule has 42 heavy (non-hydrogen) atoms. The van der Waals surface area contributed by atoms with E-state index in [4.69, 9.17) is 0 Å². The van der Waals surface area contributed by atoms with Crippen LogP contribution in [-0.2, 0) is 16.4 Å². The molecule has 3 saturated heterocycles. The summed E-state index contributed by atoms with van der Waals surface area (Å²) in [4.78, 5) is 29.2. The van der Waals surface area contributed by atoms with Crippen molar-refractivity contribution in [1.29, 1.82) is 0 Å². The largest absolute Gasteiger partial charge is 0.338 e. The van der Waals surface area contributed by atoms with Gasteiger partial charge in [-0.15, -0.1) is 0 Å². The van der Waals surface area contributed by atoms with Crippen molar-refractivity contribution in [2.24, 2.45) is 5.92 Å². The van der Waals surface area contributed by atoms with Gasteiger partial charge >= 0.3 is 0 Å². The number of nitrogens with zero attached hydrogens (tertiary/aromatic N) is 6. The van der Waals surface area contributed by atoms with E-state index in [2.05, 4.69) is 63.9 Å². The number of aromatic nitrogens is 2. The molecule has 1 amide bonds. The van der Waals surface area contributed by atoms with Gasteiger partial charge in [0.05, 0.1) is 22.2 Å². The molecule has 1 saturated carbocycles. The first kappa shape index (κ1) is 29.7. The van der Waals surface area contributed by atoms with Crippen LogP contribution in [0.3, 0.4) is 0 Å². The van der Waals surface area contributed by atoms with E-state index >= 15 is 0 Å². The van der Waals surface area contributed by atoms with Gasteiger partial charge in [-0.2, -0.15) is 0 Å². The predicted octanol–water partition coefficient (Wildman–Crippen LogP) is 3.13. The summed E-state index contributed by atoms with van der Waals surface area (Å²) in [5.41, 5.74) is 3.51. The van der Waals surface area contributed by atoms with Gasteiger partial charge in [-0.05, 0) is 65.4 Å². The van der Waals surface area contributed by atoms with Crippen LogP contribution in [0.5, 0.6) is 0 Å². The zero-order chi connectivity index (χ0) is 29.6. The SMILES string of the molecule is Cc1ncnc(C)c1C(=O)N1CCC(C)(N2CCN(C(Cc3ccccc3)C3CN(S(=O)(=O)C4CC4)C3)[C@@H](C)C2)CC1. The minimum Gasteiger partial charge on any atom is -0.338 e. The summed E-state index contributed by atoms with van der Waals surface area (Å²) in [5.74, 6) is 0.402. The standard InChI is InChI=1S/C32H46N6O3S/c1-23-19-36(32(4)12-14-35(15-13-32)31(39)30-24(2)33-22-34-25(30)3)16-17-38(23)29(18-26-8-6-5-7-9-26)27-20-37(21-27)42(40,41)28-10-11-28/h5-9,22-23,27-29H,10-21H2,1-4H3/t23-,29?/m0/s1. The maximum atomic E-state index is 13.4. The number of sulfonamides is 1. The molecule has 0 N–H and O–H groups in total. The molecule has 2 aromatic rings. The fourth-order valence-corrected chi connectivity index (χ4v) is 9.38. The number of amides is 1. The van der Waals surface area contributed by atoms with E-state index in [0.29, 0.717) is 36.7 Å². The molecule has 1 aliphatic carbocycles. The number of piperidine rings is 1. The monoisotopic (exact) mass is 594 g/mol. The molecule has 6 rings (SSSR count). The highest BCUT2D eigenvalue weighted by Gasteiger charge is 2.49. The van der Waals surface area contributed by atoms with Crippen LogP contribution >= 0.6 is 0 Å². The number of aryl methyl sites for hydroxylation is 2. The molecule has 9 nitrogen and oxygen atoms in total. The number of hydrogen-bond acceptors (Lipinski definition) is 7. The van der Waals surface area contributed by atoms with Crippen LogP contribution in [0.25, 0.3) is 0 Å². The van der Waals surface area contributed by atoms with Gasteiger partial charge in [0.25, 0.3) is 5.91 Å². The Morgan fingerprint density at radius 1 is 0.976 bits per heavy atom. The predicted molar refractivity (Wildman–Crippen MR) is 164 cm³/mol. The minimum absolute atomic E-state index is 0.0489. The molecule has 0 bridgehead atoms. The maximum Gasteiger partial charge on any atom is 0.257 e. The van der Waals surface area contributed by atoms with Gasteiger partial charge in [0.15, 0.2) is 0 Å². The molecule has 2 atom stereocenters. The third-order valence-corrected chi connectivity index (χ3v) is 12.8. The number of hydrogen-bond donors (Lipinski definition) is 0. The summed E-state index contributed by atoms with van der Waals surface area (Å²) in [5, 5.41) is -0.134. The van der Waals surface area contributed by atoms with Gasteiger partial charge in [-0.25, -0.2) is 22.7 Å². The first-order chi connectivity index (χ1) is 20.1. The fourth-order valence-electron chi connectivity index (χ4n) is 7.43. The van der Waals surface area contributed by atoms with Crippen molar-refractivity contribution >= 4 is 15.9 Å². The van der Waals surface area contributed by atoms with Crippen LogP contribution in [0, 0.1) is 19.8 Å². The van der Waals surface area contributed by atoms with Gasteiger partial charge in [0.2, 0.25) is 10.0 Å². The van der Waals surface area contributed by atoms with Crippen molar-refractivity contribution in [3.05, 3.63) is 59.2 Å². The molecule has 4 fully saturated rings. The molecule has 228 valence electrons. The lowest BCUT2D eigenvalue weighted by atomic mass is 9.84. The highest BCUT2D eigenvalue weighted by Crippen LogP contribution is 2.38. The van der Waals surface area contributed by atoms with Gasteiger partial charge in [-0.3, -0.25) is 14.6 Å². The lowest BCUT2D eigenvalue weighted by molar-refractivity contribution is -0.0480. The van der Waals surface area contributed by atoms with Gasteiger partial charge in [-0.1, -0.05) is 30.3 Å². The van der Waals surface area contributed by atoms with Crippen LogP contribution in [-0.4, -0.2) is 112 Å². The summed E-state index contributed by atoms with van der Waals surface area (Å²) >= 11 is 0. The minimum atomic E-state index is -3.11. The Labute approximate surface area is 251 Å². The molecule has 1 aromatic carbocycles. The molecule has 1 aromatic heterocycles. The normalized spacial score (nSPS) is 25.2. The van der Waals surface area contributed by atoms with Gasteiger partial charge < -0.3 is 4.90 Å². The maximum absolute atomic E-state index is 13.4. The Morgan fingerprint density at radius 3 is 2.21 bits per heavy atom. The molecule has 4 heterocycles. The zero-order valence-electron chi connectivity index (χ0n) is 25.6. The topological polar surface area (TPSA) is 90.0 Å². The van der Waals surface area contributed by atoms with E-state index in [0.717, 1.165) is 76.2 Å². The number of rotatable bonds is 8. The highest BCUT2D eigenvalue weighted by molar-refractivity contribution is 7.90. The lowest BCUT2D eigenvalue weighted by Crippen LogP contribution is -2.67. The molecular weight excluding hydrogens is 548 g/mol. The Kier molecular flexibility index (Phi) is 8.19. The fraction of sp³-hybridized carbons (Fsp3) is 0.656. The van der Waals surface area contributed by atoms with Crippen molar-refractivity contribution in [3.8, 4) is 0 Å². The molecule has 0 spiro atoms. The Balaban J connectivity index is 1.10. The summed E-state index contributed by atoms with van der Waals surface area (Å²) in [6.45, 7) is 14.2. The lowest BCUT2D eigenvalue weighted by Gasteiger charge is -2.55. The van der Waals surface area contributed by atoms with Crippen molar-refractivity contribution in [2.75, 3.05) is 45.8 Å². The molecular formula is C32H46N6O3S. The van der Waals surface area contributed by atoms with Crippen molar-refractivity contribution in [1.82, 2.24) is 29.0 Å². The van der Waals surface area contributed by atoms with E-state index in [1.807, 2.05) is 18.7 Å².